The maximum absolute atomic E-state index is 10.7. The van der Waals surface area contributed by atoms with E-state index in [0.29, 0.717) is 0 Å². The number of esters is 1. The fourth-order valence-corrected chi connectivity index (χ4v) is 0.648. The first-order valence-electron chi connectivity index (χ1n) is 2.99. The van der Waals surface area contributed by atoms with Gasteiger partial charge in [-0.2, -0.15) is 0 Å². The van der Waals surface area contributed by atoms with Crippen molar-refractivity contribution in [3.63, 3.8) is 0 Å². The second-order valence-corrected chi connectivity index (χ2v) is 2.01. The van der Waals surface area contributed by atoms with Crippen LogP contribution in [-0.2, 0) is 14.3 Å². The number of ether oxygens (including phenoxy) is 1. The molecule has 0 unspecified atom stereocenters. The number of carbonyl (C=O) groups excluding carboxylic acids is 2. The molecule has 0 spiro atoms. The van der Waals surface area contributed by atoms with E-state index in [1.807, 2.05) is 0 Å². The highest BCUT2D eigenvalue weighted by molar-refractivity contribution is 6.16. The molecule has 0 atom stereocenters. The van der Waals surface area contributed by atoms with Crippen molar-refractivity contribution in [3.8, 4) is 0 Å². The van der Waals surface area contributed by atoms with Crippen LogP contribution < -0.4 is 0 Å². The van der Waals surface area contributed by atoms with Crippen molar-refractivity contribution in [2.24, 2.45) is 0 Å². The smallest absolute Gasteiger partial charge is 0.344 e. The van der Waals surface area contributed by atoms with Crippen molar-refractivity contribution in [1.29, 1.82) is 0 Å². The first kappa shape index (κ1) is 9.68. The zero-order valence-electron chi connectivity index (χ0n) is 6.67. The molecule has 62 valence electrons. The molecule has 0 amide bonds. The van der Waals surface area contributed by atoms with Crippen LogP contribution in [0.1, 0.15) is 13.8 Å². The predicted octanol–water partition coefficient (Wildman–Crippen LogP) is 0.580. The molecule has 0 aliphatic heterocycles. The number of Topliss-reactive ketones (excluding diaryl/α,β-unsaturated/α-hetero) is 1. The van der Waals surface area contributed by atoms with Crippen LogP contribution in [0.3, 0.4) is 0 Å². The van der Waals surface area contributed by atoms with Gasteiger partial charge >= 0.3 is 5.97 Å². The summed E-state index contributed by atoms with van der Waals surface area (Å²) in [5, 5.41) is 8.84. The number of carbonyl (C=O) groups is 2. The molecule has 0 aliphatic carbocycles. The molecular weight excluding hydrogens is 148 g/mol. The van der Waals surface area contributed by atoms with E-state index in [1.165, 1.54) is 13.8 Å². The minimum absolute atomic E-state index is 0.299. The molecule has 0 aliphatic rings. The molecule has 11 heavy (non-hydrogen) atoms. The van der Waals surface area contributed by atoms with Crippen LogP contribution in [0.4, 0.5) is 0 Å². The van der Waals surface area contributed by atoms with Gasteiger partial charge in [-0.3, -0.25) is 4.79 Å². The largest absolute Gasteiger partial charge is 0.512 e. The lowest BCUT2D eigenvalue weighted by Gasteiger charge is -2.00. The topological polar surface area (TPSA) is 63.6 Å². The summed E-state index contributed by atoms with van der Waals surface area (Å²) in [5.74, 6) is -1.63. The average Bonchev–Trinajstić information content (AvgIpc) is 1.85. The fraction of sp³-hybridized carbons (Fsp3) is 0.429. The van der Waals surface area contributed by atoms with Gasteiger partial charge in [-0.1, -0.05) is 0 Å². The van der Waals surface area contributed by atoms with Crippen molar-refractivity contribution >= 4 is 11.8 Å². The average molecular weight is 158 g/mol. The Morgan fingerprint density at radius 3 is 1.82 bits per heavy atom. The molecule has 0 aromatic heterocycles. The Morgan fingerprint density at radius 2 is 1.73 bits per heavy atom. The van der Waals surface area contributed by atoms with Crippen molar-refractivity contribution in [3.05, 3.63) is 11.3 Å². The minimum atomic E-state index is -0.808. The van der Waals surface area contributed by atoms with Crippen LogP contribution in [0.25, 0.3) is 0 Å². The molecule has 0 aromatic carbocycles. The molecule has 0 saturated carbocycles. The number of ketones is 1. The molecular formula is C7H10O4. The van der Waals surface area contributed by atoms with Gasteiger partial charge in [-0.25, -0.2) is 4.79 Å². The van der Waals surface area contributed by atoms with Gasteiger partial charge in [-0.05, 0) is 13.8 Å². The highest BCUT2D eigenvalue weighted by Gasteiger charge is 2.17. The monoisotopic (exact) mass is 158 g/mol. The van der Waals surface area contributed by atoms with Gasteiger partial charge in [0.25, 0.3) is 0 Å². The summed E-state index contributed by atoms with van der Waals surface area (Å²) in [6.45, 7) is 2.44. The van der Waals surface area contributed by atoms with Crippen LogP contribution in [-0.4, -0.2) is 24.0 Å². The van der Waals surface area contributed by atoms with E-state index in [4.69, 9.17) is 5.11 Å². The number of hydrogen-bond acceptors (Lipinski definition) is 4. The predicted molar refractivity (Wildman–Crippen MR) is 38.0 cm³/mol. The number of rotatable bonds is 2. The van der Waals surface area contributed by atoms with Gasteiger partial charge in [0.05, 0.1) is 7.11 Å². The summed E-state index contributed by atoms with van der Waals surface area (Å²) in [7, 11) is 1.15. The van der Waals surface area contributed by atoms with E-state index in [1.54, 1.807) is 0 Å². The van der Waals surface area contributed by atoms with Crippen LogP contribution in [0.5, 0.6) is 0 Å². The summed E-state index contributed by atoms with van der Waals surface area (Å²) in [4.78, 5) is 21.4. The number of allylic oxidation sites excluding steroid dienone is 1. The molecule has 0 aromatic rings. The van der Waals surface area contributed by atoms with Gasteiger partial charge in [0.1, 0.15) is 11.3 Å². The summed E-state index contributed by atoms with van der Waals surface area (Å²) in [6.07, 6.45) is 0. The third-order valence-electron chi connectivity index (χ3n) is 1.10. The number of aliphatic hydroxyl groups is 1. The number of aliphatic hydroxyl groups excluding tert-OH is 1. The Labute approximate surface area is 64.5 Å². The van der Waals surface area contributed by atoms with Crippen molar-refractivity contribution in [2.45, 2.75) is 13.8 Å². The maximum atomic E-state index is 10.7. The Balaban J connectivity index is 4.79. The normalized spacial score (nSPS) is 11.9. The van der Waals surface area contributed by atoms with Crippen molar-refractivity contribution < 1.29 is 19.4 Å². The Bertz CT molecular complexity index is 210. The molecule has 0 radical (unpaired) electrons. The van der Waals surface area contributed by atoms with Gasteiger partial charge in [0.2, 0.25) is 0 Å². The summed E-state index contributed by atoms with van der Waals surface area (Å²) >= 11 is 0. The Kier molecular flexibility index (Phi) is 3.30. The zero-order valence-corrected chi connectivity index (χ0v) is 6.67. The van der Waals surface area contributed by atoms with Gasteiger partial charge < -0.3 is 9.84 Å². The van der Waals surface area contributed by atoms with E-state index in [0.717, 1.165) is 7.11 Å². The second kappa shape index (κ2) is 3.75. The lowest BCUT2D eigenvalue weighted by molar-refractivity contribution is -0.137. The van der Waals surface area contributed by atoms with Crippen LogP contribution in [0, 0.1) is 0 Å². The van der Waals surface area contributed by atoms with Gasteiger partial charge in [-0.15, -0.1) is 0 Å². The molecule has 0 bridgehead atoms. The van der Waals surface area contributed by atoms with E-state index < -0.39 is 11.8 Å². The second-order valence-electron chi connectivity index (χ2n) is 2.01. The van der Waals surface area contributed by atoms with Crippen LogP contribution in [0.15, 0.2) is 11.3 Å². The first-order valence-corrected chi connectivity index (χ1v) is 2.99. The quantitative estimate of drug-likeness (QED) is 0.210. The van der Waals surface area contributed by atoms with Gasteiger partial charge in [0.15, 0.2) is 5.78 Å². The minimum Gasteiger partial charge on any atom is -0.512 e. The highest BCUT2D eigenvalue weighted by Crippen LogP contribution is 2.03. The van der Waals surface area contributed by atoms with Crippen LogP contribution >= 0.6 is 0 Å². The third kappa shape index (κ3) is 2.41. The van der Waals surface area contributed by atoms with E-state index in [-0.39, 0.29) is 11.3 Å². The van der Waals surface area contributed by atoms with Crippen molar-refractivity contribution in [2.75, 3.05) is 7.11 Å². The number of hydrogen-bond donors (Lipinski definition) is 1. The fourth-order valence-electron chi connectivity index (χ4n) is 0.648. The molecule has 0 rings (SSSR count). The summed E-state index contributed by atoms with van der Waals surface area (Å²) in [5.41, 5.74) is -0.299. The van der Waals surface area contributed by atoms with Gasteiger partial charge in [0, 0.05) is 0 Å². The molecule has 0 fully saturated rings. The molecule has 1 N–H and O–H groups in total. The molecule has 0 heterocycles. The molecule has 0 saturated heterocycles. The maximum Gasteiger partial charge on any atom is 0.344 e. The zero-order chi connectivity index (χ0) is 9.02. The third-order valence-corrected chi connectivity index (χ3v) is 1.10. The van der Waals surface area contributed by atoms with Crippen LogP contribution in [0.2, 0.25) is 0 Å². The standard InChI is InChI=1S/C7H10O4/c1-4(8)6(5(2)9)7(10)11-3/h8H,1-3H3/b6-4-. The SMILES string of the molecule is COC(=O)/C(C(C)=O)=C(/C)O. The van der Waals surface area contributed by atoms with Crippen molar-refractivity contribution in [1.82, 2.24) is 0 Å². The Hall–Kier alpha value is -1.32. The summed E-state index contributed by atoms with van der Waals surface area (Å²) < 4.78 is 4.26. The number of methoxy groups -OCH3 is 1. The highest BCUT2D eigenvalue weighted by atomic mass is 16.5. The van der Waals surface area contributed by atoms with E-state index in [2.05, 4.69) is 4.74 Å². The lowest BCUT2D eigenvalue weighted by Crippen LogP contribution is -2.13. The first-order chi connectivity index (χ1) is 5.00. The Morgan fingerprint density at radius 1 is 1.27 bits per heavy atom. The van der Waals surface area contributed by atoms with E-state index in [9.17, 15) is 9.59 Å². The lowest BCUT2D eigenvalue weighted by atomic mass is 10.1. The summed E-state index contributed by atoms with van der Waals surface area (Å²) in [6, 6.07) is 0. The molecule has 4 nitrogen and oxygen atoms in total. The molecule has 4 heteroatoms. The van der Waals surface area contributed by atoms with E-state index >= 15 is 0 Å².